The van der Waals surface area contributed by atoms with Crippen molar-refractivity contribution in [3.63, 3.8) is 0 Å². The Hall–Kier alpha value is -3.75. The smallest absolute Gasteiger partial charge is 0.293 e. The van der Waals surface area contributed by atoms with Crippen molar-refractivity contribution in [1.29, 1.82) is 0 Å². The number of fused-ring (bicyclic) bond motifs is 2. The molecule has 2 amide bonds. The molecule has 0 bridgehead atoms. The summed E-state index contributed by atoms with van der Waals surface area (Å²) >= 11 is 0. The van der Waals surface area contributed by atoms with Crippen molar-refractivity contribution in [2.45, 2.75) is 19.9 Å². The zero-order valence-electron chi connectivity index (χ0n) is 18.0. The molecule has 164 valence electrons. The average Bonchev–Trinajstić information content (AvgIpc) is 3.41. The highest BCUT2D eigenvalue weighted by atomic mass is 16.5. The van der Waals surface area contributed by atoms with Gasteiger partial charge in [-0.25, -0.2) is 4.98 Å². The van der Waals surface area contributed by atoms with Crippen LogP contribution in [0.2, 0.25) is 0 Å². The Labute approximate surface area is 185 Å². The van der Waals surface area contributed by atoms with E-state index in [1.54, 1.807) is 37.4 Å². The normalized spacial score (nSPS) is 19.2. The van der Waals surface area contributed by atoms with Gasteiger partial charge in [0.2, 0.25) is 5.82 Å². The molecule has 0 aliphatic carbocycles. The van der Waals surface area contributed by atoms with Gasteiger partial charge in [0.25, 0.3) is 11.8 Å². The molecule has 4 heterocycles. The van der Waals surface area contributed by atoms with E-state index >= 15 is 0 Å². The third kappa shape index (κ3) is 3.70. The number of ether oxygens (including phenoxy) is 1. The maximum absolute atomic E-state index is 12.9. The van der Waals surface area contributed by atoms with E-state index in [0.717, 1.165) is 17.3 Å². The third-order valence-electron chi connectivity index (χ3n) is 6.21. The van der Waals surface area contributed by atoms with E-state index in [4.69, 9.17) is 4.74 Å². The van der Waals surface area contributed by atoms with Gasteiger partial charge in [-0.2, -0.15) is 0 Å². The van der Waals surface area contributed by atoms with Gasteiger partial charge >= 0.3 is 0 Å². The molecule has 9 nitrogen and oxygen atoms in total. The minimum atomic E-state index is -0.303. The molecular weight excluding hydrogens is 408 g/mol. The van der Waals surface area contributed by atoms with Crippen molar-refractivity contribution in [2.75, 3.05) is 25.5 Å². The first-order valence-corrected chi connectivity index (χ1v) is 10.6. The summed E-state index contributed by atoms with van der Waals surface area (Å²) in [4.78, 5) is 32.0. The summed E-state index contributed by atoms with van der Waals surface area (Å²) in [6.45, 7) is 3.80. The maximum Gasteiger partial charge on any atom is 0.293 e. The molecule has 0 unspecified atom stereocenters. The molecular formula is C23H24N6O3. The van der Waals surface area contributed by atoms with Crippen LogP contribution in [0.3, 0.4) is 0 Å². The summed E-state index contributed by atoms with van der Waals surface area (Å²) in [6.07, 6.45) is 0.693. The third-order valence-corrected chi connectivity index (χ3v) is 6.21. The number of nitrogens with zero attached hydrogens (tertiary/aromatic N) is 5. The lowest BCUT2D eigenvalue weighted by atomic mass is 9.89. The van der Waals surface area contributed by atoms with Crippen molar-refractivity contribution < 1.29 is 14.3 Å². The Morgan fingerprint density at radius 1 is 1.03 bits per heavy atom. The lowest BCUT2D eigenvalue weighted by Gasteiger charge is -2.25. The molecule has 2 aliphatic rings. The highest BCUT2D eigenvalue weighted by Gasteiger charge is 2.41. The lowest BCUT2D eigenvalue weighted by Crippen LogP contribution is -2.31. The quantitative estimate of drug-likeness (QED) is 0.678. The molecule has 3 aromatic rings. The second-order valence-corrected chi connectivity index (χ2v) is 8.33. The number of pyridine rings is 1. The molecule has 1 saturated heterocycles. The summed E-state index contributed by atoms with van der Waals surface area (Å²) < 4.78 is 7.04. The molecule has 2 aliphatic heterocycles. The van der Waals surface area contributed by atoms with Crippen molar-refractivity contribution in [1.82, 2.24) is 24.6 Å². The van der Waals surface area contributed by atoms with Crippen molar-refractivity contribution in [3.8, 4) is 5.75 Å². The summed E-state index contributed by atoms with van der Waals surface area (Å²) in [5.41, 5.74) is 1.96. The average molecular weight is 432 g/mol. The van der Waals surface area contributed by atoms with Gasteiger partial charge in [0.15, 0.2) is 0 Å². The van der Waals surface area contributed by atoms with Crippen LogP contribution < -0.4 is 10.1 Å². The number of carbonyl (C=O) groups excluding carboxylic acids is 2. The van der Waals surface area contributed by atoms with Crippen LogP contribution in [0, 0.1) is 18.8 Å². The van der Waals surface area contributed by atoms with E-state index in [1.165, 1.54) is 0 Å². The first kappa shape index (κ1) is 20.2. The topological polar surface area (TPSA) is 102 Å². The molecule has 2 aromatic heterocycles. The van der Waals surface area contributed by atoms with Crippen LogP contribution in [-0.2, 0) is 13.0 Å². The first-order chi connectivity index (χ1) is 15.5. The zero-order valence-corrected chi connectivity index (χ0v) is 18.0. The van der Waals surface area contributed by atoms with Gasteiger partial charge < -0.3 is 19.5 Å². The minimum Gasteiger partial charge on any atom is -0.497 e. The van der Waals surface area contributed by atoms with Gasteiger partial charge in [-0.3, -0.25) is 9.59 Å². The van der Waals surface area contributed by atoms with Crippen molar-refractivity contribution in [3.05, 3.63) is 65.5 Å². The van der Waals surface area contributed by atoms with E-state index in [-0.39, 0.29) is 17.7 Å². The van der Waals surface area contributed by atoms with Gasteiger partial charge in [0.05, 0.1) is 7.11 Å². The lowest BCUT2D eigenvalue weighted by molar-refractivity contribution is 0.0777. The van der Waals surface area contributed by atoms with Crippen LogP contribution in [0.5, 0.6) is 5.75 Å². The first-order valence-electron chi connectivity index (χ1n) is 10.6. The summed E-state index contributed by atoms with van der Waals surface area (Å²) in [5, 5.41) is 11.3. The Kier molecular flexibility index (Phi) is 5.08. The fourth-order valence-electron chi connectivity index (χ4n) is 4.54. The van der Waals surface area contributed by atoms with Crippen LogP contribution in [0.1, 0.15) is 32.6 Å². The van der Waals surface area contributed by atoms with Crippen molar-refractivity contribution >= 4 is 17.5 Å². The van der Waals surface area contributed by atoms with E-state index in [1.807, 2.05) is 28.5 Å². The molecule has 1 N–H and O–H groups in total. The van der Waals surface area contributed by atoms with Crippen LogP contribution in [0.15, 0.2) is 42.5 Å². The van der Waals surface area contributed by atoms with Crippen LogP contribution in [0.25, 0.3) is 0 Å². The minimum absolute atomic E-state index is 0.0451. The summed E-state index contributed by atoms with van der Waals surface area (Å²) in [6, 6.07) is 12.6. The molecule has 0 spiro atoms. The number of carbonyl (C=O) groups is 2. The van der Waals surface area contributed by atoms with Gasteiger partial charge in [-0.05, 0) is 55.2 Å². The van der Waals surface area contributed by atoms with Crippen LogP contribution >= 0.6 is 0 Å². The second-order valence-electron chi connectivity index (χ2n) is 8.33. The second kappa shape index (κ2) is 8.07. The predicted octanol–water partition coefficient (Wildman–Crippen LogP) is 2.19. The number of anilines is 1. The number of amides is 2. The van der Waals surface area contributed by atoms with E-state index < -0.39 is 0 Å². The van der Waals surface area contributed by atoms with Crippen LogP contribution in [-0.4, -0.2) is 56.7 Å². The molecule has 32 heavy (non-hydrogen) atoms. The van der Waals surface area contributed by atoms with E-state index in [0.29, 0.717) is 49.2 Å². The number of rotatable bonds is 4. The van der Waals surface area contributed by atoms with E-state index in [2.05, 4.69) is 20.5 Å². The number of hydrogen-bond acceptors (Lipinski definition) is 6. The van der Waals surface area contributed by atoms with Crippen molar-refractivity contribution in [2.24, 2.45) is 11.8 Å². The van der Waals surface area contributed by atoms with Gasteiger partial charge in [-0.15, -0.1) is 10.2 Å². The highest BCUT2D eigenvalue weighted by Crippen LogP contribution is 2.33. The highest BCUT2D eigenvalue weighted by molar-refractivity contribution is 6.01. The molecule has 2 atom stereocenters. The molecule has 0 saturated carbocycles. The number of aryl methyl sites for hydroxylation is 1. The zero-order chi connectivity index (χ0) is 22.2. The Balaban J connectivity index is 1.29. The Bertz CT molecular complexity index is 1170. The number of hydrogen-bond donors (Lipinski definition) is 1. The number of aromatic nitrogens is 4. The SMILES string of the molecule is COc1ccc(NC(=O)c2nnc3n2C[C@H]2CN(C(=O)c4cccc(C)n4)C[C@H]2C3)cc1. The maximum atomic E-state index is 12.9. The Morgan fingerprint density at radius 3 is 2.56 bits per heavy atom. The molecule has 9 heteroatoms. The summed E-state index contributed by atoms with van der Waals surface area (Å²) in [7, 11) is 1.60. The molecule has 1 fully saturated rings. The monoisotopic (exact) mass is 432 g/mol. The number of nitrogens with one attached hydrogen (secondary N) is 1. The number of benzene rings is 1. The van der Waals surface area contributed by atoms with Gasteiger partial charge in [-0.1, -0.05) is 6.07 Å². The number of methoxy groups -OCH3 is 1. The largest absolute Gasteiger partial charge is 0.497 e. The van der Waals surface area contributed by atoms with Gasteiger partial charge in [0, 0.05) is 37.4 Å². The Morgan fingerprint density at radius 2 is 1.81 bits per heavy atom. The van der Waals surface area contributed by atoms with E-state index in [9.17, 15) is 9.59 Å². The number of likely N-dealkylation sites (tertiary alicyclic amines) is 1. The van der Waals surface area contributed by atoms with Crippen LogP contribution in [0.4, 0.5) is 5.69 Å². The standard InChI is InChI=1S/C23H24N6O3/c1-14-4-3-5-19(24-14)23(31)28-11-15-10-20-26-27-21(29(20)13-16(15)12-28)22(30)25-17-6-8-18(32-2)9-7-17/h3-9,15-16H,10-13H2,1-2H3,(H,25,30)/t15-,16-/m1/s1. The summed E-state index contributed by atoms with van der Waals surface area (Å²) in [5.74, 6) is 2.00. The molecule has 1 aromatic carbocycles. The fourth-order valence-corrected chi connectivity index (χ4v) is 4.54. The molecule has 5 rings (SSSR count). The van der Waals surface area contributed by atoms with Gasteiger partial charge in [0.1, 0.15) is 17.3 Å². The predicted molar refractivity (Wildman–Crippen MR) is 117 cm³/mol. The molecule has 0 radical (unpaired) electrons. The fraction of sp³-hybridized carbons (Fsp3) is 0.348.